The van der Waals surface area contributed by atoms with Crippen LogP contribution in [0.3, 0.4) is 0 Å². The largest absolute Gasteiger partial charge is 0.374 e. The van der Waals surface area contributed by atoms with Gasteiger partial charge in [0.1, 0.15) is 0 Å². The molecular weight excluding hydrogens is 249 g/mol. The Kier molecular flexibility index (Phi) is 3.48. The van der Waals surface area contributed by atoms with Crippen LogP contribution in [0.2, 0.25) is 0 Å². The molecule has 19 heavy (non-hydrogen) atoms. The predicted octanol–water partition coefficient (Wildman–Crippen LogP) is 1.05. The average molecular weight is 267 g/mol. The van der Waals surface area contributed by atoms with Gasteiger partial charge in [-0.2, -0.15) is 4.98 Å². The van der Waals surface area contributed by atoms with Crippen LogP contribution in [-0.2, 0) is 4.74 Å². The molecule has 104 valence electrons. The second kappa shape index (κ2) is 5.26. The lowest BCUT2D eigenvalue weighted by atomic mass is 9.90. The fourth-order valence-corrected chi connectivity index (χ4v) is 2.99. The van der Waals surface area contributed by atoms with E-state index in [0.29, 0.717) is 19.0 Å². The highest BCUT2D eigenvalue weighted by molar-refractivity contribution is 5.45. The van der Waals surface area contributed by atoms with Crippen molar-refractivity contribution in [3.05, 3.63) is 12.0 Å². The van der Waals surface area contributed by atoms with Gasteiger partial charge >= 0.3 is 0 Å². The van der Waals surface area contributed by atoms with E-state index in [-0.39, 0.29) is 18.1 Å². The molecule has 2 fully saturated rings. The molecule has 1 saturated carbocycles. The molecule has 1 aliphatic carbocycles. The maximum atomic E-state index is 14.0. The number of nitrogens with two attached hydrogens (primary N) is 1. The zero-order chi connectivity index (χ0) is 13.2. The Balaban J connectivity index is 1.91. The number of hydrogen-bond donors (Lipinski definition) is 2. The van der Waals surface area contributed by atoms with Crippen molar-refractivity contribution in [2.24, 2.45) is 5.84 Å². The molecule has 2 aliphatic rings. The summed E-state index contributed by atoms with van der Waals surface area (Å²) in [5.41, 5.74) is 2.36. The van der Waals surface area contributed by atoms with Crippen LogP contribution < -0.4 is 16.2 Å². The molecule has 0 radical (unpaired) electrons. The van der Waals surface area contributed by atoms with Crippen molar-refractivity contribution >= 4 is 11.8 Å². The molecule has 0 amide bonds. The summed E-state index contributed by atoms with van der Waals surface area (Å²) >= 11 is 0. The van der Waals surface area contributed by atoms with Gasteiger partial charge in [-0.1, -0.05) is 12.8 Å². The summed E-state index contributed by atoms with van der Waals surface area (Å²) in [6, 6.07) is 0.206. The minimum atomic E-state index is -0.412. The number of halogens is 1. The van der Waals surface area contributed by atoms with Crippen LogP contribution in [0, 0.1) is 5.82 Å². The zero-order valence-electron chi connectivity index (χ0n) is 10.7. The summed E-state index contributed by atoms with van der Waals surface area (Å²) in [5, 5.41) is 0. The lowest BCUT2D eigenvalue weighted by Crippen LogP contribution is -2.53. The zero-order valence-corrected chi connectivity index (χ0v) is 10.7. The van der Waals surface area contributed by atoms with Crippen LogP contribution in [-0.4, -0.2) is 35.3 Å². The molecule has 7 heteroatoms. The van der Waals surface area contributed by atoms with E-state index in [9.17, 15) is 4.39 Å². The molecule has 1 aromatic heterocycles. The van der Waals surface area contributed by atoms with E-state index < -0.39 is 5.82 Å². The summed E-state index contributed by atoms with van der Waals surface area (Å²) in [6.07, 6.45) is 5.72. The molecule has 2 unspecified atom stereocenters. The minimum absolute atomic E-state index is 0.186. The van der Waals surface area contributed by atoms with Gasteiger partial charge in [-0.15, -0.1) is 0 Å². The van der Waals surface area contributed by atoms with Crippen molar-refractivity contribution in [2.45, 2.75) is 37.8 Å². The Morgan fingerprint density at radius 2 is 2.26 bits per heavy atom. The van der Waals surface area contributed by atoms with Crippen molar-refractivity contribution in [1.82, 2.24) is 9.97 Å². The lowest BCUT2D eigenvalue weighted by molar-refractivity contribution is -0.00924. The number of nitrogen functional groups attached to an aromatic ring is 1. The summed E-state index contributed by atoms with van der Waals surface area (Å²) in [4.78, 5) is 9.93. The topological polar surface area (TPSA) is 76.3 Å². The maximum Gasteiger partial charge on any atom is 0.239 e. The molecule has 2 heterocycles. The number of aromatic nitrogens is 2. The molecule has 3 rings (SSSR count). The van der Waals surface area contributed by atoms with Crippen molar-refractivity contribution < 1.29 is 9.13 Å². The van der Waals surface area contributed by atoms with E-state index in [1.807, 2.05) is 4.90 Å². The number of nitrogens with zero attached hydrogens (tertiary/aromatic N) is 3. The first-order valence-corrected chi connectivity index (χ1v) is 6.67. The first kappa shape index (κ1) is 12.6. The van der Waals surface area contributed by atoms with Gasteiger partial charge in [-0.05, 0) is 12.8 Å². The standard InChI is InChI=1S/C12H18FN5O/c13-8-7-15-12(17-14)16-11(8)18-5-6-19-10-4-2-1-3-9(10)18/h7,9-10H,1-6,14H2,(H,15,16,17). The predicted molar refractivity (Wildman–Crippen MR) is 69.1 cm³/mol. The summed E-state index contributed by atoms with van der Waals surface area (Å²) in [5.74, 6) is 5.43. The first-order valence-electron chi connectivity index (χ1n) is 6.67. The second-order valence-corrected chi connectivity index (χ2v) is 4.96. The van der Waals surface area contributed by atoms with Gasteiger partial charge in [-0.25, -0.2) is 15.2 Å². The van der Waals surface area contributed by atoms with E-state index in [2.05, 4.69) is 15.4 Å². The van der Waals surface area contributed by atoms with E-state index in [4.69, 9.17) is 10.6 Å². The number of hydrogen-bond acceptors (Lipinski definition) is 6. The number of morpholine rings is 1. The molecular formula is C12H18FN5O. The van der Waals surface area contributed by atoms with Crippen molar-refractivity contribution in [2.75, 3.05) is 23.5 Å². The number of ether oxygens (including phenoxy) is 1. The smallest absolute Gasteiger partial charge is 0.239 e. The molecule has 0 aromatic carbocycles. The summed E-state index contributed by atoms with van der Waals surface area (Å²) in [7, 11) is 0. The lowest BCUT2D eigenvalue weighted by Gasteiger charge is -2.44. The number of nitrogens with one attached hydrogen (secondary N) is 1. The maximum absolute atomic E-state index is 14.0. The van der Waals surface area contributed by atoms with Crippen molar-refractivity contribution in [3.8, 4) is 0 Å². The van der Waals surface area contributed by atoms with E-state index >= 15 is 0 Å². The van der Waals surface area contributed by atoms with Gasteiger partial charge in [0.05, 0.1) is 24.9 Å². The minimum Gasteiger partial charge on any atom is -0.374 e. The third-order valence-electron chi connectivity index (χ3n) is 3.86. The Morgan fingerprint density at radius 1 is 1.42 bits per heavy atom. The van der Waals surface area contributed by atoms with Gasteiger partial charge < -0.3 is 9.64 Å². The van der Waals surface area contributed by atoms with Gasteiger partial charge in [0, 0.05) is 6.54 Å². The van der Waals surface area contributed by atoms with Gasteiger partial charge in [-0.3, -0.25) is 5.43 Å². The fourth-order valence-electron chi connectivity index (χ4n) is 2.99. The average Bonchev–Trinajstić information content (AvgIpc) is 2.47. The number of anilines is 2. The molecule has 0 spiro atoms. The van der Waals surface area contributed by atoms with Gasteiger partial charge in [0.15, 0.2) is 11.6 Å². The highest BCUT2D eigenvalue weighted by Crippen LogP contribution is 2.32. The number of rotatable bonds is 2. The quantitative estimate of drug-likeness (QED) is 0.616. The highest BCUT2D eigenvalue weighted by Gasteiger charge is 2.36. The molecule has 1 aliphatic heterocycles. The molecule has 2 atom stereocenters. The Morgan fingerprint density at radius 3 is 3.11 bits per heavy atom. The summed E-state index contributed by atoms with van der Waals surface area (Å²) in [6.45, 7) is 1.26. The molecule has 3 N–H and O–H groups in total. The highest BCUT2D eigenvalue weighted by atomic mass is 19.1. The first-order chi connectivity index (χ1) is 9.29. The van der Waals surface area contributed by atoms with Crippen LogP contribution in [0.25, 0.3) is 0 Å². The Labute approximate surface area is 111 Å². The SMILES string of the molecule is NNc1ncc(F)c(N2CCOC3CCCCC32)n1. The van der Waals surface area contributed by atoms with Gasteiger partial charge in [0.2, 0.25) is 5.95 Å². The second-order valence-electron chi connectivity index (χ2n) is 4.96. The molecule has 0 bridgehead atoms. The number of hydrazine groups is 1. The van der Waals surface area contributed by atoms with Crippen molar-refractivity contribution in [1.29, 1.82) is 0 Å². The van der Waals surface area contributed by atoms with Crippen LogP contribution in [0.1, 0.15) is 25.7 Å². The van der Waals surface area contributed by atoms with Gasteiger partial charge in [0.25, 0.3) is 0 Å². The molecule has 6 nitrogen and oxygen atoms in total. The van der Waals surface area contributed by atoms with Crippen LogP contribution in [0.15, 0.2) is 6.20 Å². The van der Waals surface area contributed by atoms with Crippen LogP contribution in [0.4, 0.5) is 16.2 Å². The Hall–Kier alpha value is -1.47. The third-order valence-corrected chi connectivity index (χ3v) is 3.86. The molecule has 1 saturated heterocycles. The normalized spacial score (nSPS) is 26.9. The van der Waals surface area contributed by atoms with Crippen LogP contribution in [0.5, 0.6) is 0 Å². The third kappa shape index (κ3) is 2.35. The fraction of sp³-hybridized carbons (Fsp3) is 0.667. The van der Waals surface area contributed by atoms with Crippen LogP contribution >= 0.6 is 0 Å². The molecule has 1 aromatic rings. The van der Waals surface area contributed by atoms with Crippen molar-refractivity contribution in [3.63, 3.8) is 0 Å². The van der Waals surface area contributed by atoms with E-state index in [1.54, 1.807) is 0 Å². The van der Waals surface area contributed by atoms with E-state index in [1.165, 1.54) is 6.42 Å². The monoisotopic (exact) mass is 267 g/mol. The Bertz CT molecular complexity index is 456. The van der Waals surface area contributed by atoms with E-state index in [0.717, 1.165) is 25.5 Å². The summed E-state index contributed by atoms with van der Waals surface area (Å²) < 4.78 is 19.8. The number of fused-ring (bicyclic) bond motifs is 1.